The second-order valence-corrected chi connectivity index (χ2v) is 6.67. The van der Waals surface area contributed by atoms with Crippen LogP contribution in [0, 0.1) is 13.8 Å². The summed E-state index contributed by atoms with van der Waals surface area (Å²) < 4.78 is 0. The van der Waals surface area contributed by atoms with Gasteiger partial charge in [0.2, 0.25) is 0 Å². The lowest BCUT2D eigenvalue weighted by Gasteiger charge is -2.13. The zero-order valence-electron chi connectivity index (χ0n) is 11.9. The highest BCUT2D eigenvalue weighted by Crippen LogP contribution is 2.27. The van der Waals surface area contributed by atoms with Crippen molar-refractivity contribution in [3.05, 3.63) is 64.2 Å². The fourth-order valence-electron chi connectivity index (χ4n) is 2.31. The Morgan fingerprint density at radius 2 is 1.75 bits per heavy atom. The highest BCUT2D eigenvalue weighted by molar-refractivity contribution is 7.99. The number of nitrogens with two attached hydrogens (primary N) is 1. The van der Waals surface area contributed by atoms with Crippen LogP contribution < -0.4 is 5.73 Å². The third kappa shape index (κ3) is 4.55. The Balaban J connectivity index is 1.92. The minimum absolute atomic E-state index is 0.137. The predicted octanol–water partition coefficient (Wildman–Crippen LogP) is 4.62. The zero-order valence-corrected chi connectivity index (χ0v) is 13.5. The molecular weight excluding hydrogens is 286 g/mol. The molecular formula is C17H20ClNS. The molecule has 1 unspecified atom stereocenters. The minimum Gasteiger partial charge on any atom is -0.327 e. The van der Waals surface area contributed by atoms with Crippen molar-refractivity contribution in [1.82, 2.24) is 0 Å². The molecule has 0 saturated carbocycles. The Morgan fingerprint density at radius 1 is 1.10 bits per heavy atom. The molecule has 0 bridgehead atoms. The van der Waals surface area contributed by atoms with E-state index in [2.05, 4.69) is 32.0 Å². The average molecular weight is 306 g/mol. The number of rotatable bonds is 5. The van der Waals surface area contributed by atoms with Crippen molar-refractivity contribution in [1.29, 1.82) is 0 Å². The first-order chi connectivity index (χ1) is 9.54. The van der Waals surface area contributed by atoms with Crippen LogP contribution in [0.2, 0.25) is 5.02 Å². The van der Waals surface area contributed by atoms with Gasteiger partial charge < -0.3 is 5.73 Å². The molecule has 0 aromatic heterocycles. The molecule has 2 aromatic rings. The molecule has 3 heteroatoms. The highest BCUT2D eigenvalue weighted by Gasteiger charge is 2.07. The molecule has 20 heavy (non-hydrogen) atoms. The van der Waals surface area contributed by atoms with Crippen LogP contribution in [0.3, 0.4) is 0 Å². The molecule has 0 aliphatic carbocycles. The summed E-state index contributed by atoms with van der Waals surface area (Å²) in [6, 6.07) is 14.7. The van der Waals surface area contributed by atoms with E-state index in [0.29, 0.717) is 0 Å². The number of hydrogen-bond donors (Lipinski definition) is 1. The molecule has 0 amide bonds. The molecule has 106 valence electrons. The number of benzene rings is 2. The van der Waals surface area contributed by atoms with Crippen LogP contribution >= 0.6 is 23.4 Å². The van der Waals surface area contributed by atoms with E-state index in [0.717, 1.165) is 22.1 Å². The quantitative estimate of drug-likeness (QED) is 0.816. The van der Waals surface area contributed by atoms with Gasteiger partial charge in [-0.2, -0.15) is 0 Å². The van der Waals surface area contributed by atoms with E-state index < -0.39 is 0 Å². The van der Waals surface area contributed by atoms with Crippen LogP contribution in [-0.2, 0) is 6.42 Å². The van der Waals surface area contributed by atoms with Gasteiger partial charge in [0.15, 0.2) is 0 Å². The molecule has 1 nitrogen and oxygen atoms in total. The van der Waals surface area contributed by atoms with Gasteiger partial charge in [-0.05, 0) is 38.0 Å². The highest BCUT2D eigenvalue weighted by atomic mass is 35.5. The summed E-state index contributed by atoms with van der Waals surface area (Å²) in [5, 5.41) is 0.802. The van der Waals surface area contributed by atoms with Crippen molar-refractivity contribution in [3.63, 3.8) is 0 Å². The zero-order chi connectivity index (χ0) is 14.5. The molecule has 0 fully saturated rings. The predicted molar refractivity (Wildman–Crippen MR) is 89.8 cm³/mol. The van der Waals surface area contributed by atoms with Crippen molar-refractivity contribution in [3.8, 4) is 0 Å². The minimum atomic E-state index is 0.137. The van der Waals surface area contributed by atoms with Gasteiger partial charge in [-0.25, -0.2) is 0 Å². The summed E-state index contributed by atoms with van der Waals surface area (Å²) in [4.78, 5) is 1.10. The normalized spacial score (nSPS) is 12.4. The Morgan fingerprint density at radius 3 is 2.40 bits per heavy atom. The Labute approximate surface area is 130 Å². The number of halogens is 1. The Kier molecular flexibility index (Phi) is 5.53. The van der Waals surface area contributed by atoms with Gasteiger partial charge in [0.25, 0.3) is 0 Å². The van der Waals surface area contributed by atoms with Crippen LogP contribution in [-0.4, -0.2) is 11.8 Å². The molecule has 2 N–H and O–H groups in total. The average Bonchev–Trinajstić information content (AvgIpc) is 2.36. The molecule has 0 radical (unpaired) electrons. The third-order valence-electron chi connectivity index (χ3n) is 3.07. The van der Waals surface area contributed by atoms with Gasteiger partial charge in [-0.3, -0.25) is 0 Å². The van der Waals surface area contributed by atoms with E-state index in [1.807, 2.05) is 24.3 Å². The molecule has 0 aliphatic heterocycles. The fraction of sp³-hybridized carbons (Fsp3) is 0.294. The van der Waals surface area contributed by atoms with E-state index in [-0.39, 0.29) is 6.04 Å². The molecule has 2 aromatic carbocycles. The van der Waals surface area contributed by atoms with E-state index in [9.17, 15) is 0 Å². The summed E-state index contributed by atoms with van der Waals surface area (Å²) in [7, 11) is 0. The number of hydrogen-bond acceptors (Lipinski definition) is 2. The molecule has 0 saturated heterocycles. The first kappa shape index (κ1) is 15.4. The van der Waals surface area contributed by atoms with E-state index >= 15 is 0 Å². The summed E-state index contributed by atoms with van der Waals surface area (Å²) in [6.07, 6.45) is 0.903. The van der Waals surface area contributed by atoms with Gasteiger partial charge >= 0.3 is 0 Å². The Bertz CT molecular complexity index is 563. The third-order valence-corrected chi connectivity index (χ3v) is 4.77. The fourth-order valence-corrected chi connectivity index (χ4v) is 3.50. The number of aryl methyl sites for hydroxylation is 2. The van der Waals surface area contributed by atoms with E-state index in [4.69, 9.17) is 17.3 Å². The van der Waals surface area contributed by atoms with E-state index in [1.165, 1.54) is 16.7 Å². The van der Waals surface area contributed by atoms with Crippen LogP contribution in [0.15, 0.2) is 47.4 Å². The topological polar surface area (TPSA) is 26.0 Å². The Hall–Kier alpha value is -0.960. The van der Waals surface area contributed by atoms with Crippen LogP contribution in [0.1, 0.15) is 16.7 Å². The second-order valence-electron chi connectivity index (χ2n) is 5.20. The first-order valence-electron chi connectivity index (χ1n) is 6.74. The first-order valence-corrected chi connectivity index (χ1v) is 8.11. The molecule has 2 rings (SSSR count). The summed E-state index contributed by atoms with van der Waals surface area (Å²) in [5.41, 5.74) is 10.1. The van der Waals surface area contributed by atoms with Crippen molar-refractivity contribution in [2.24, 2.45) is 5.73 Å². The lowest BCUT2D eigenvalue weighted by atomic mass is 10.0. The maximum Gasteiger partial charge on any atom is 0.0541 e. The maximum atomic E-state index is 6.24. The molecule has 0 heterocycles. The van der Waals surface area contributed by atoms with Crippen molar-refractivity contribution < 1.29 is 0 Å². The van der Waals surface area contributed by atoms with Crippen LogP contribution in [0.4, 0.5) is 0 Å². The number of thioether (sulfide) groups is 1. The van der Waals surface area contributed by atoms with Gasteiger partial charge in [-0.1, -0.05) is 53.1 Å². The largest absolute Gasteiger partial charge is 0.327 e. The van der Waals surface area contributed by atoms with E-state index in [1.54, 1.807) is 11.8 Å². The second kappa shape index (κ2) is 7.16. The maximum absolute atomic E-state index is 6.24. The summed E-state index contributed by atoms with van der Waals surface area (Å²) in [5.74, 6) is 0.872. The summed E-state index contributed by atoms with van der Waals surface area (Å²) in [6.45, 7) is 4.25. The smallest absolute Gasteiger partial charge is 0.0541 e. The SMILES string of the molecule is Cc1cc(C)cc(CC(N)CSc2ccccc2Cl)c1. The molecule has 1 atom stereocenters. The molecule has 0 spiro atoms. The monoisotopic (exact) mass is 305 g/mol. The lowest BCUT2D eigenvalue weighted by molar-refractivity contribution is 0.747. The van der Waals surface area contributed by atoms with Gasteiger partial charge in [-0.15, -0.1) is 11.8 Å². The van der Waals surface area contributed by atoms with Gasteiger partial charge in [0.1, 0.15) is 0 Å². The van der Waals surface area contributed by atoms with Crippen molar-refractivity contribution in [2.45, 2.75) is 31.2 Å². The standard InChI is InChI=1S/C17H20ClNS/c1-12-7-13(2)9-14(8-12)10-15(19)11-20-17-6-4-3-5-16(17)18/h3-9,15H,10-11,19H2,1-2H3. The van der Waals surface area contributed by atoms with Crippen molar-refractivity contribution in [2.75, 3.05) is 5.75 Å². The van der Waals surface area contributed by atoms with Crippen LogP contribution in [0.5, 0.6) is 0 Å². The molecule has 0 aliphatic rings. The van der Waals surface area contributed by atoms with Gasteiger partial charge in [0.05, 0.1) is 5.02 Å². The summed E-state index contributed by atoms with van der Waals surface area (Å²) >= 11 is 7.87. The lowest BCUT2D eigenvalue weighted by Crippen LogP contribution is -2.25. The van der Waals surface area contributed by atoms with Gasteiger partial charge in [0, 0.05) is 16.7 Å². The van der Waals surface area contributed by atoms with Crippen LogP contribution in [0.25, 0.3) is 0 Å². The van der Waals surface area contributed by atoms with Crippen molar-refractivity contribution >= 4 is 23.4 Å².